The molecule has 0 aliphatic heterocycles. The number of nitrogens with zero attached hydrogens (tertiary/aromatic N) is 4. The number of hydrogen-bond acceptors (Lipinski definition) is 4. The van der Waals surface area contributed by atoms with E-state index in [1.54, 1.807) is 29.1 Å². The zero-order valence-corrected chi connectivity index (χ0v) is 12.1. The van der Waals surface area contributed by atoms with Gasteiger partial charge in [0.15, 0.2) is 0 Å². The highest BCUT2D eigenvalue weighted by atomic mass is 16.2. The summed E-state index contributed by atoms with van der Waals surface area (Å²) < 4.78 is 1.72. The molecular weight excluding hydrogens is 268 g/mol. The van der Waals surface area contributed by atoms with E-state index in [0.717, 1.165) is 17.0 Å². The van der Waals surface area contributed by atoms with Crippen molar-refractivity contribution in [3.05, 3.63) is 47.3 Å². The first-order chi connectivity index (χ1) is 10.1. The number of nitrogens with one attached hydrogen (secondary N) is 2. The standard InChI is InChI=1S/C14H16N6O/c1-8(12-9(2)18-19-10(12)3)16-13(21)11-7-20-6-4-5-15-14(20)17-11/h4-8H,1-3H3,(H,16,21)(H,18,19)/t8-/m1/s1. The minimum atomic E-state index is -0.229. The molecule has 108 valence electrons. The van der Waals surface area contributed by atoms with Crippen molar-refractivity contribution >= 4 is 11.7 Å². The fourth-order valence-corrected chi connectivity index (χ4v) is 2.48. The number of imidazole rings is 1. The summed E-state index contributed by atoms with van der Waals surface area (Å²) in [6, 6.07) is 1.64. The summed E-state index contributed by atoms with van der Waals surface area (Å²) in [5.41, 5.74) is 3.19. The van der Waals surface area contributed by atoms with E-state index >= 15 is 0 Å². The lowest BCUT2D eigenvalue weighted by atomic mass is 10.1. The van der Waals surface area contributed by atoms with Gasteiger partial charge in [0.2, 0.25) is 5.78 Å². The number of fused-ring (bicyclic) bond motifs is 1. The molecule has 2 N–H and O–H groups in total. The van der Waals surface area contributed by atoms with E-state index in [-0.39, 0.29) is 11.9 Å². The summed E-state index contributed by atoms with van der Waals surface area (Å²) in [6.07, 6.45) is 5.12. The average Bonchev–Trinajstić information content (AvgIpc) is 3.02. The molecule has 0 aliphatic carbocycles. The van der Waals surface area contributed by atoms with Crippen LogP contribution in [0.15, 0.2) is 24.7 Å². The average molecular weight is 284 g/mol. The molecule has 1 amide bonds. The molecule has 0 spiro atoms. The molecule has 0 aromatic carbocycles. The highest BCUT2D eigenvalue weighted by molar-refractivity contribution is 5.93. The number of hydrogen-bond donors (Lipinski definition) is 2. The third-order valence-electron chi connectivity index (χ3n) is 3.43. The van der Waals surface area contributed by atoms with Crippen molar-refractivity contribution in [2.24, 2.45) is 0 Å². The zero-order valence-electron chi connectivity index (χ0n) is 12.1. The van der Waals surface area contributed by atoms with Gasteiger partial charge in [0.1, 0.15) is 5.69 Å². The summed E-state index contributed by atoms with van der Waals surface area (Å²) in [6.45, 7) is 5.78. The van der Waals surface area contributed by atoms with Gasteiger partial charge < -0.3 is 5.32 Å². The topological polar surface area (TPSA) is 88.0 Å². The molecule has 0 saturated heterocycles. The van der Waals surface area contributed by atoms with Gasteiger partial charge in [-0.25, -0.2) is 9.97 Å². The maximum atomic E-state index is 12.3. The molecular formula is C14H16N6O. The van der Waals surface area contributed by atoms with Crippen molar-refractivity contribution in [3.8, 4) is 0 Å². The van der Waals surface area contributed by atoms with Gasteiger partial charge in [-0.1, -0.05) is 0 Å². The number of aromatic nitrogens is 5. The fraction of sp³-hybridized carbons (Fsp3) is 0.286. The van der Waals surface area contributed by atoms with Crippen molar-refractivity contribution in [1.29, 1.82) is 0 Å². The quantitative estimate of drug-likeness (QED) is 0.764. The van der Waals surface area contributed by atoms with Gasteiger partial charge >= 0.3 is 0 Å². The van der Waals surface area contributed by atoms with Crippen LogP contribution in [0, 0.1) is 13.8 Å². The lowest BCUT2D eigenvalue weighted by Crippen LogP contribution is -2.27. The second kappa shape index (κ2) is 5.01. The van der Waals surface area contributed by atoms with E-state index < -0.39 is 0 Å². The molecule has 3 aromatic rings. The molecule has 7 heteroatoms. The molecule has 3 aromatic heterocycles. The number of aromatic amines is 1. The Morgan fingerprint density at radius 2 is 2.24 bits per heavy atom. The summed E-state index contributed by atoms with van der Waals surface area (Å²) in [5, 5.41) is 10.0. The molecule has 0 unspecified atom stereocenters. The summed E-state index contributed by atoms with van der Waals surface area (Å²) in [5.74, 6) is 0.277. The van der Waals surface area contributed by atoms with E-state index in [2.05, 4.69) is 25.5 Å². The van der Waals surface area contributed by atoms with Gasteiger partial charge in [-0.3, -0.25) is 14.3 Å². The maximum Gasteiger partial charge on any atom is 0.272 e. The van der Waals surface area contributed by atoms with Crippen LogP contribution in [0.25, 0.3) is 5.78 Å². The second-order valence-corrected chi connectivity index (χ2v) is 5.00. The first kappa shape index (κ1) is 13.3. The van der Waals surface area contributed by atoms with E-state index in [4.69, 9.17) is 0 Å². The molecule has 0 bridgehead atoms. The number of carbonyl (C=O) groups is 1. The van der Waals surface area contributed by atoms with E-state index in [0.29, 0.717) is 11.5 Å². The molecule has 0 saturated carbocycles. The van der Waals surface area contributed by atoms with Crippen molar-refractivity contribution in [2.45, 2.75) is 26.8 Å². The van der Waals surface area contributed by atoms with Crippen molar-refractivity contribution in [3.63, 3.8) is 0 Å². The first-order valence-electron chi connectivity index (χ1n) is 6.68. The Labute approximate surface area is 121 Å². The van der Waals surface area contributed by atoms with Gasteiger partial charge in [0.25, 0.3) is 5.91 Å². The smallest absolute Gasteiger partial charge is 0.272 e. The van der Waals surface area contributed by atoms with Crippen LogP contribution in [0.5, 0.6) is 0 Å². The summed E-state index contributed by atoms with van der Waals surface area (Å²) in [4.78, 5) is 20.6. The van der Waals surface area contributed by atoms with Crippen LogP contribution in [0.4, 0.5) is 0 Å². The Bertz CT molecular complexity index is 750. The van der Waals surface area contributed by atoms with Crippen molar-refractivity contribution in [2.75, 3.05) is 0 Å². The number of carbonyl (C=O) groups excluding carboxylic acids is 1. The van der Waals surface area contributed by atoms with Crippen LogP contribution >= 0.6 is 0 Å². The normalized spacial score (nSPS) is 12.5. The monoisotopic (exact) mass is 284 g/mol. The Morgan fingerprint density at radius 3 is 2.90 bits per heavy atom. The Balaban J connectivity index is 1.83. The second-order valence-electron chi connectivity index (χ2n) is 5.00. The van der Waals surface area contributed by atoms with E-state index in [1.165, 1.54) is 0 Å². The summed E-state index contributed by atoms with van der Waals surface area (Å²) in [7, 11) is 0. The highest BCUT2D eigenvalue weighted by Gasteiger charge is 2.19. The van der Waals surface area contributed by atoms with Crippen LogP contribution < -0.4 is 5.32 Å². The van der Waals surface area contributed by atoms with Gasteiger partial charge in [0, 0.05) is 29.8 Å². The van der Waals surface area contributed by atoms with Crippen LogP contribution in [-0.4, -0.2) is 30.5 Å². The molecule has 3 heterocycles. The predicted octanol–water partition coefficient (Wildman–Crippen LogP) is 1.56. The van der Waals surface area contributed by atoms with Crippen LogP contribution in [-0.2, 0) is 0 Å². The molecule has 0 fully saturated rings. The summed E-state index contributed by atoms with van der Waals surface area (Å²) >= 11 is 0. The van der Waals surface area contributed by atoms with Crippen LogP contribution in [0.2, 0.25) is 0 Å². The minimum absolute atomic E-state index is 0.144. The Hall–Kier alpha value is -2.70. The third kappa shape index (κ3) is 2.37. The van der Waals surface area contributed by atoms with E-state index in [1.807, 2.05) is 20.8 Å². The minimum Gasteiger partial charge on any atom is -0.344 e. The molecule has 1 atom stereocenters. The number of aryl methyl sites for hydroxylation is 2. The number of rotatable bonds is 3. The van der Waals surface area contributed by atoms with Gasteiger partial charge in [-0.2, -0.15) is 5.10 Å². The molecule has 21 heavy (non-hydrogen) atoms. The Morgan fingerprint density at radius 1 is 1.43 bits per heavy atom. The first-order valence-corrected chi connectivity index (χ1v) is 6.68. The fourth-order valence-electron chi connectivity index (χ4n) is 2.48. The SMILES string of the molecule is Cc1n[nH]c(C)c1[C@@H](C)NC(=O)c1cn2cccnc2n1. The zero-order chi connectivity index (χ0) is 15.0. The highest BCUT2D eigenvalue weighted by Crippen LogP contribution is 2.19. The van der Waals surface area contributed by atoms with Crippen LogP contribution in [0.3, 0.4) is 0 Å². The predicted molar refractivity (Wildman–Crippen MR) is 76.9 cm³/mol. The maximum absolute atomic E-state index is 12.3. The van der Waals surface area contributed by atoms with E-state index in [9.17, 15) is 4.79 Å². The molecule has 3 rings (SSSR count). The number of amides is 1. The Kier molecular flexibility index (Phi) is 3.17. The number of H-pyrrole nitrogens is 1. The molecule has 0 radical (unpaired) electrons. The van der Waals surface area contributed by atoms with Crippen molar-refractivity contribution < 1.29 is 4.79 Å². The van der Waals surface area contributed by atoms with Crippen LogP contribution in [0.1, 0.15) is 40.4 Å². The lowest BCUT2D eigenvalue weighted by Gasteiger charge is -2.13. The van der Waals surface area contributed by atoms with Gasteiger partial charge in [0.05, 0.1) is 11.7 Å². The molecule has 0 aliphatic rings. The van der Waals surface area contributed by atoms with Crippen molar-refractivity contribution in [1.82, 2.24) is 29.9 Å². The largest absolute Gasteiger partial charge is 0.344 e. The molecule has 7 nitrogen and oxygen atoms in total. The van der Waals surface area contributed by atoms with Gasteiger partial charge in [-0.05, 0) is 26.8 Å². The van der Waals surface area contributed by atoms with Gasteiger partial charge in [-0.15, -0.1) is 0 Å². The third-order valence-corrected chi connectivity index (χ3v) is 3.43. The lowest BCUT2D eigenvalue weighted by molar-refractivity contribution is 0.0935.